The minimum Gasteiger partial charge on any atom is -0.304 e. The summed E-state index contributed by atoms with van der Waals surface area (Å²) in [6.45, 7) is 0. The molecule has 0 aliphatic carbocycles. The molecule has 1 aromatic carbocycles. The second-order valence-electron chi connectivity index (χ2n) is 4.55. The zero-order valence-electron chi connectivity index (χ0n) is 11.2. The predicted molar refractivity (Wildman–Crippen MR) is 76.0 cm³/mol. The van der Waals surface area contributed by atoms with E-state index in [4.69, 9.17) is 5.84 Å². The molecule has 3 rings (SSSR count). The predicted octanol–water partition coefficient (Wildman–Crippen LogP) is 0.257. The average molecular weight is 270 g/mol. The standard InChI is InChI=1S/C13H14N6O/c1-18(14)13(20)8-7-15-19(2)12-11(8)16-9-5-3-4-6-10(9)17-12/h3-7,15H,14H2,1-2H3. The Labute approximate surface area is 115 Å². The lowest BCUT2D eigenvalue weighted by atomic mass is 10.1. The first-order valence-electron chi connectivity index (χ1n) is 6.08. The van der Waals surface area contributed by atoms with E-state index in [9.17, 15) is 4.79 Å². The number of nitrogens with zero attached hydrogens (tertiary/aromatic N) is 4. The minimum absolute atomic E-state index is 0.323. The van der Waals surface area contributed by atoms with Gasteiger partial charge >= 0.3 is 0 Å². The fourth-order valence-electron chi connectivity index (χ4n) is 2.05. The molecule has 1 aliphatic heterocycles. The number of likely N-dealkylation sites (N-methyl/N-ethyl adjacent to an activating group) is 1. The van der Waals surface area contributed by atoms with E-state index in [1.54, 1.807) is 11.2 Å². The van der Waals surface area contributed by atoms with Crippen molar-refractivity contribution in [3.8, 4) is 0 Å². The first-order valence-corrected chi connectivity index (χ1v) is 6.08. The number of carbonyl (C=O) groups excluding carboxylic acids is 1. The molecule has 0 fully saturated rings. The molecule has 0 saturated heterocycles. The number of nitrogens with one attached hydrogen (secondary N) is 1. The van der Waals surface area contributed by atoms with Crippen molar-refractivity contribution >= 4 is 28.3 Å². The monoisotopic (exact) mass is 270 g/mol. The third-order valence-corrected chi connectivity index (χ3v) is 3.08. The lowest BCUT2D eigenvalue weighted by Gasteiger charge is -2.27. The van der Waals surface area contributed by atoms with Gasteiger partial charge in [-0.2, -0.15) is 0 Å². The first kappa shape index (κ1) is 12.4. The number of amides is 1. The highest BCUT2D eigenvalue weighted by Crippen LogP contribution is 2.28. The molecule has 2 heterocycles. The van der Waals surface area contributed by atoms with E-state index >= 15 is 0 Å². The van der Waals surface area contributed by atoms with E-state index in [2.05, 4.69) is 15.4 Å². The van der Waals surface area contributed by atoms with Gasteiger partial charge < -0.3 is 5.43 Å². The van der Waals surface area contributed by atoms with Gasteiger partial charge in [0.15, 0.2) is 5.82 Å². The zero-order valence-corrected chi connectivity index (χ0v) is 11.2. The van der Waals surface area contributed by atoms with E-state index in [0.717, 1.165) is 16.0 Å². The summed E-state index contributed by atoms with van der Waals surface area (Å²) in [5, 5.41) is 2.74. The number of aromatic nitrogens is 2. The fraction of sp³-hybridized carbons (Fsp3) is 0.154. The van der Waals surface area contributed by atoms with Crippen molar-refractivity contribution in [3.63, 3.8) is 0 Å². The van der Waals surface area contributed by atoms with E-state index in [1.807, 2.05) is 31.3 Å². The van der Waals surface area contributed by atoms with Gasteiger partial charge in [-0.25, -0.2) is 15.8 Å². The van der Waals surface area contributed by atoms with Crippen molar-refractivity contribution in [2.75, 3.05) is 19.1 Å². The number of fused-ring (bicyclic) bond motifs is 2. The summed E-state index contributed by atoms with van der Waals surface area (Å²) in [5.41, 5.74) is 5.37. The molecular weight excluding hydrogens is 256 g/mol. The molecule has 3 N–H and O–H groups in total. The third kappa shape index (κ3) is 1.84. The maximum atomic E-state index is 12.1. The van der Waals surface area contributed by atoms with Crippen LogP contribution in [-0.2, 0) is 4.79 Å². The Kier molecular flexibility index (Phi) is 2.76. The SMILES string of the molecule is CN(N)C(=O)C1=CNN(C)c2nc3ccccc3nc21. The van der Waals surface area contributed by atoms with Gasteiger partial charge in [0, 0.05) is 20.3 Å². The molecule has 2 aromatic rings. The molecule has 7 nitrogen and oxygen atoms in total. The van der Waals surface area contributed by atoms with Gasteiger partial charge in [0.2, 0.25) is 0 Å². The maximum Gasteiger partial charge on any atom is 0.271 e. The summed E-state index contributed by atoms with van der Waals surface area (Å²) in [5.74, 6) is 5.80. The highest BCUT2D eigenvalue weighted by Gasteiger charge is 2.26. The van der Waals surface area contributed by atoms with Crippen molar-refractivity contribution in [1.82, 2.24) is 20.4 Å². The first-order chi connectivity index (χ1) is 9.58. The van der Waals surface area contributed by atoms with Crippen LogP contribution >= 0.6 is 0 Å². The molecule has 0 radical (unpaired) electrons. The van der Waals surface area contributed by atoms with E-state index < -0.39 is 0 Å². The maximum absolute atomic E-state index is 12.1. The van der Waals surface area contributed by atoms with Crippen molar-refractivity contribution in [1.29, 1.82) is 0 Å². The summed E-state index contributed by atoms with van der Waals surface area (Å²) in [7, 11) is 3.31. The molecule has 20 heavy (non-hydrogen) atoms. The number of anilines is 1. The molecule has 7 heteroatoms. The summed E-state index contributed by atoms with van der Waals surface area (Å²) in [6.07, 6.45) is 1.58. The van der Waals surface area contributed by atoms with Crippen LogP contribution in [0.4, 0.5) is 5.82 Å². The number of carbonyl (C=O) groups is 1. The molecule has 0 unspecified atom stereocenters. The zero-order chi connectivity index (χ0) is 14.3. The summed E-state index contributed by atoms with van der Waals surface area (Å²) < 4.78 is 0. The molecule has 1 amide bonds. The lowest BCUT2D eigenvalue weighted by molar-refractivity contribution is -0.124. The van der Waals surface area contributed by atoms with Crippen LogP contribution in [0, 0.1) is 0 Å². The van der Waals surface area contributed by atoms with Gasteiger partial charge in [-0.1, -0.05) is 12.1 Å². The van der Waals surface area contributed by atoms with Gasteiger partial charge in [0.25, 0.3) is 5.91 Å². The van der Waals surface area contributed by atoms with E-state index in [1.165, 1.54) is 7.05 Å². The summed E-state index contributed by atoms with van der Waals surface area (Å²) >= 11 is 0. The Hall–Kier alpha value is -2.67. The lowest BCUT2D eigenvalue weighted by Crippen LogP contribution is -2.40. The summed E-state index contributed by atoms with van der Waals surface area (Å²) in [4.78, 5) is 21.2. The number of hydrogen-bond acceptors (Lipinski definition) is 6. The average Bonchev–Trinajstić information content (AvgIpc) is 2.45. The van der Waals surface area contributed by atoms with Crippen LogP contribution in [0.25, 0.3) is 16.6 Å². The second-order valence-corrected chi connectivity index (χ2v) is 4.55. The highest BCUT2D eigenvalue weighted by molar-refractivity contribution is 6.20. The van der Waals surface area contributed by atoms with Crippen LogP contribution in [0.15, 0.2) is 30.5 Å². The third-order valence-electron chi connectivity index (χ3n) is 3.08. The minimum atomic E-state index is -0.323. The Morgan fingerprint density at radius 1 is 1.30 bits per heavy atom. The van der Waals surface area contributed by atoms with Crippen LogP contribution in [0.3, 0.4) is 0 Å². The normalized spacial score (nSPS) is 13.6. The van der Waals surface area contributed by atoms with Crippen LogP contribution in [-0.4, -0.2) is 35.0 Å². The molecule has 0 bridgehead atoms. The second kappa shape index (κ2) is 4.46. The molecule has 0 saturated carbocycles. The molecular formula is C13H14N6O. The smallest absolute Gasteiger partial charge is 0.271 e. The number of para-hydroxylation sites is 2. The largest absolute Gasteiger partial charge is 0.304 e. The van der Waals surface area contributed by atoms with E-state index in [0.29, 0.717) is 17.1 Å². The number of benzene rings is 1. The fourth-order valence-corrected chi connectivity index (χ4v) is 2.05. The Balaban J connectivity index is 2.22. The summed E-state index contributed by atoms with van der Waals surface area (Å²) in [6, 6.07) is 7.52. The van der Waals surface area contributed by atoms with Gasteiger partial charge in [0.1, 0.15) is 5.69 Å². The van der Waals surface area contributed by atoms with Crippen LogP contribution < -0.4 is 16.3 Å². The van der Waals surface area contributed by atoms with Gasteiger partial charge in [0.05, 0.1) is 16.6 Å². The van der Waals surface area contributed by atoms with Crippen LogP contribution in [0.1, 0.15) is 5.69 Å². The van der Waals surface area contributed by atoms with E-state index in [-0.39, 0.29) is 5.91 Å². The van der Waals surface area contributed by atoms with Crippen molar-refractivity contribution in [3.05, 3.63) is 36.2 Å². The molecule has 1 aromatic heterocycles. The van der Waals surface area contributed by atoms with Crippen molar-refractivity contribution < 1.29 is 4.79 Å². The molecule has 0 atom stereocenters. The topological polar surface area (TPSA) is 87.4 Å². The highest BCUT2D eigenvalue weighted by atomic mass is 16.2. The Morgan fingerprint density at radius 2 is 1.95 bits per heavy atom. The number of nitrogens with two attached hydrogens (primary N) is 1. The van der Waals surface area contributed by atoms with Gasteiger partial charge in [-0.3, -0.25) is 14.8 Å². The van der Waals surface area contributed by atoms with Crippen LogP contribution in [0.5, 0.6) is 0 Å². The Bertz CT molecular complexity index is 724. The number of hydrogen-bond donors (Lipinski definition) is 2. The molecule has 1 aliphatic rings. The Morgan fingerprint density at radius 3 is 2.60 bits per heavy atom. The van der Waals surface area contributed by atoms with Gasteiger partial charge in [-0.15, -0.1) is 0 Å². The van der Waals surface area contributed by atoms with Crippen molar-refractivity contribution in [2.24, 2.45) is 5.84 Å². The number of hydrazine groups is 2. The quantitative estimate of drug-likeness (QED) is 0.439. The number of rotatable bonds is 1. The van der Waals surface area contributed by atoms with Gasteiger partial charge in [-0.05, 0) is 12.1 Å². The van der Waals surface area contributed by atoms with Crippen molar-refractivity contribution in [2.45, 2.75) is 0 Å². The molecule has 0 spiro atoms. The van der Waals surface area contributed by atoms with Crippen LogP contribution in [0.2, 0.25) is 0 Å². The molecule has 102 valence electrons.